The lowest BCUT2D eigenvalue weighted by Gasteiger charge is -2.46. The number of nitrogens with zero attached hydrogens (tertiary/aromatic N) is 2. The molecule has 3 nitrogen and oxygen atoms in total. The highest BCUT2D eigenvalue weighted by atomic mass is 15.2. The Labute approximate surface area is 123 Å². The van der Waals surface area contributed by atoms with Gasteiger partial charge < -0.3 is 5.32 Å². The van der Waals surface area contributed by atoms with Gasteiger partial charge in [-0.05, 0) is 43.4 Å². The molecule has 1 saturated heterocycles. The Bertz CT molecular complexity index is 404. The number of rotatable bonds is 5. The minimum Gasteiger partial charge on any atom is -0.309 e. The van der Waals surface area contributed by atoms with E-state index in [1.54, 1.807) is 0 Å². The Morgan fingerprint density at radius 2 is 2.10 bits per heavy atom. The van der Waals surface area contributed by atoms with Crippen molar-refractivity contribution >= 4 is 0 Å². The van der Waals surface area contributed by atoms with Gasteiger partial charge in [0.15, 0.2) is 0 Å². The summed E-state index contributed by atoms with van der Waals surface area (Å²) in [5, 5.41) is 3.76. The molecule has 2 heterocycles. The van der Waals surface area contributed by atoms with Gasteiger partial charge in [-0.15, -0.1) is 0 Å². The lowest BCUT2D eigenvalue weighted by molar-refractivity contribution is 0.0664. The quantitative estimate of drug-likeness (QED) is 0.895. The van der Waals surface area contributed by atoms with Crippen molar-refractivity contribution in [1.82, 2.24) is 15.2 Å². The van der Waals surface area contributed by atoms with Crippen molar-refractivity contribution in [3.63, 3.8) is 0 Å². The maximum atomic E-state index is 4.12. The average Bonchev–Trinajstić information content (AvgIpc) is 2.43. The zero-order chi connectivity index (χ0) is 14.6. The van der Waals surface area contributed by atoms with Crippen LogP contribution in [0.1, 0.15) is 46.1 Å². The summed E-state index contributed by atoms with van der Waals surface area (Å²) in [6.07, 6.45) is 6.23. The number of piperazine rings is 1. The van der Waals surface area contributed by atoms with E-state index in [2.05, 4.69) is 55.0 Å². The molecule has 0 amide bonds. The Morgan fingerprint density at radius 3 is 2.70 bits per heavy atom. The number of hydrogen-bond acceptors (Lipinski definition) is 3. The minimum absolute atomic E-state index is 0.251. The van der Waals surface area contributed by atoms with Gasteiger partial charge in [-0.1, -0.05) is 20.8 Å². The summed E-state index contributed by atoms with van der Waals surface area (Å²) < 4.78 is 0. The van der Waals surface area contributed by atoms with Gasteiger partial charge in [-0.2, -0.15) is 0 Å². The van der Waals surface area contributed by atoms with Crippen molar-refractivity contribution in [1.29, 1.82) is 0 Å². The summed E-state index contributed by atoms with van der Waals surface area (Å²) in [6, 6.07) is 4.91. The molecule has 1 N–H and O–H groups in total. The fourth-order valence-corrected chi connectivity index (χ4v) is 3.05. The van der Waals surface area contributed by atoms with E-state index in [0.717, 1.165) is 25.6 Å². The highest BCUT2D eigenvalue weighted by Gasteiger charge is 2.34. The van der Waals surface area contributed by atoms with E-state index in [9.17, 15) is 0 Å². The molecule has 1 aliphatic heterocycles. The van der Waals surface area contributed by atoms with Gasteiger partial charge in [0.05, 0.1) is 0 Å². The van der Waals surface area contributed by atoms with Gasteiger partial charge in [-0.25, -0.2) is 0 Å². The third-order valence-electron chi connectivity index (χ3n) is 4.49. The molecule has 0 saturated carbocycles. The van der Waals surface area contributed by atoms with Crippen LogP contribution in [0.5, 0.6) is 0 Å². The summed E-state index contributed by atoms with van der Waals surface area (Å²) in [6.45, 7) is 12.5. The van der Waals surface area contributed by atoms with Gasteiger partial charge in [0.1, 0.15) is 0 Å². The van der Waals surface area contributed by atoms with Crippen LogP contribution in [0, 0.1) is 5.92 Å². The Kier molecular flexibility index (Phi) is 5.17. The topological polar surface area (TPSA) is 28.2 Å². The zero-order valence-electron chi connectivity index (χ0n) is 13.4. The standard InChI is InChI=1S/C17H29N3/c1-5-17(4)13-20(12-15-6-8-18-9-7-15)16(11-19-17)10-14(2)3/h6-9,14,16,19H,5,10-13H2,1-4H3. The van der Waals surface area contributed by atoms with Gasteiger partial charge >= 0.3 is 0 Å². The SMILES string of the molecule is CCC1(C)CN(Cc2ccncc2)C(CC(C)C)CN1. The second kappa shape index (κ2) is 6.68. The summed E-state index contributed by atoms with van der Waals surface area (Å²) in [7, 11) is 0. The largest absolute Gasteiger partial charge is 0.309 e. The second-order valence-corrected chi connectivity index (χ2v) is 6.84. The van der Waals surface area contributed by atoms with Crippen molar-refractivity contribution in [3.05, 3.63) is 30.1 Å². The molecular formula is C17H29N3. The fraction of sp³-hybridized carbons (Fsp3) is 0.706. The Balaban J connectivity index is 2.09. The van der Waals surface area contributed by atoms with E-state index < -0.39 is 0 Å². The number of aromatic nitrogens is 1. The molecule has 3 heteroatoms. The first-order chi connectivity index (χ1) is 9.52. The molecule has 2 rings (SSSR count). The summed E-state index contributed by atoms with van der Waals surface area (Å²) in [4.78, 5) is 6.78. The normalized spacial score (nSPS) is 27.9. The van der Waals surface area contributed by atoms with Crippen molar-refractivity contribution in [3.8, 4) is 0 Å². The molecule has 20 heavy (non-hydrogen) atoms. The molecule has 1 aromatic heterocycles. The molecule has 0 aromatic carbocycles. The maximum Gasteiger partial charge on any atom is 0.0278 e. The summed E-state index contributed by atoms with van der Waals surface area (Å²) in [5.74, 6) is 0.743. The minimum atomic E-state index is 0.251. The number of nitrogens with one attached hydrogen (secondary N) is 1. The summed E-state index contributed by atoms with van der Waals surface area (Å²) in [5.41, 5.74) is 1.62. The van der Waals surface area contributed by atoms with Crippen molar-refractivity contribution < 1.29 is 0 Å². The molecule has 2 unspecified atom stereocenters. The molecule has 0 aliphatic carbocycles. The van der Waals surface area contributed by atoms with Crippen LogP contribution >= 0.6 is 0 Å². The van der Waals surface area contributed by atoms with E-state index in [1.807, 2.05) is 12.4 Å². The molecule has 0 spiro atoms. The van der Waals surface area contributed by atoms with Crippen LogP contribution in [0.4, 0.5) is 0 Å². The van der Waals surface area contributed by atoms with Crippen LogP contribution in [0.3, 0.4) is 0 Å². The van der Waals surface area contributed by atoms with Crippen molar-refractivity contribution in [2.24, 2.45) is 5.92 Å². The van der Waals surface area contributed by atoms with Gasteiger partial charge in [0.25, 0.3) is 0 Å². The lowest BCUT2D eigenvalue weighted by atomic mass is 9.90. The van der Waals surface area contributed by atoms with Crippen LogP contribution < -0.4 is 5.32 Å². The van der Waals surface area contributed by atoms with Crippen molar-refractivity contribution in [2.75, 3.05) is 13.1 Å². The Morgan fingerprint density at radius 1 is 1.40 bits per heavy atom. The van der Waals surface area contributed by atoms with Crippen LogP contribution in [0.2, 0.25) is 0 Å². The third-order valence-corrected chi connectivity index (χ3v) is 4.49. The van der Waals surface area contributed by atoms with E-state index in [-0.39, 0.29) is 5.54 Å². The van der Waals surface area contributed by atoms with E-state index in [1.165, 1.54) is 18.4 Å². The molecule has 1 aromatic rings. The predicted molar refractivity (Wildman–Crippen MR) is 84.6 cm³/mol. The van der Waals surface area contributed by atoms with Crippen LogP contribution in [0.15, 0.2) is 24.5 Å². The van der Waals surface area contributed by atoms with E-state index in [0.29, 0.717) is 6.04 Å². The fourth-order valence-electron chi connectivity index (χ4n) is 3.05. The molecule has 0 bridgehead atoms. The van der Waals surface area contributed by atoms with Crippen molar-refractivity contribution in [2.45, 2.75) is 58.7 Å². The van der Waals surface area contributed by atoms with Crippen LogP contribution in [0.25, 0.3) is 0 Å². The molecule has 2 atom stereocenters. The summed E-state index contributed by atoms with van der Waals surface area (Å²) >= 11 is 0. The first-order valence-electron chi connectivity index (χ1n) is 7.90. The van der Waals surface area contributed by atoms with Gasteiger partial charge in [0, 0.05) is 43.6 Å². The lowest BCUT2D eigenvalue weighted by Crippen LogP contribution is -2.62. The monoisotopic (exact) mass is 275 g/mol. The smallest absolute Gasteiger partial charge is 0.0278 e. The average molecular weight is 275 g/mol. The first kappa shape index (κ1) is 15.5. The molecule has 1 fully saturated rings. The Hall–Kier alpha value is -0.930. The molecule has 112 valence electrons. The number of pyridine rings is 1. The van der Waals surface area contributed by atoms with Crippen LogP contribution in [-0.4, -0.2) is 34.6 Å². The highest BCUT2D eigenvalue weighted by Crippen LogP contribution is 2.24. The number of hydrogen-bond donors (Lipinski definition) is 1. The maximum absolute atomic E-state index is 4.12. The van der Waals surface area contributed by atoms with Crippen LogP contribution in [-0.2, 0) is 6.54 Å². The molecular weight excluding hydrogens is 246 g/mol. The van der Waals surface area contributed by atoms with Gasteiger partial charge in [-0.3, -0.25) is 9.88 Å². The van der Waals surface area contributed by atoms with Gasteiger partial charge in [0.2, 0.25) is 0 Å². The van der Waals surface area contributed by atoms with E-state index >= 15 is 0 Å². The van der Waals surface area contributed by atoms with E-state index in [4.69, 9.17) is 0 Å². The molecule has 1 aliphatic rings. The second-order valence-electron chi connectivity index (χ2n) is 6.84. The predicted octanol–water partition coefficient (Wildman–Crippen LogP) is 3.07. The zero-order valence-corrected chi connectivity index (χ0v) is 13.4. The highest BCUT2D eigenvalue weighted by molar-refractivity contribution is 5.10. The molecule has 0 radical (unpaired) electrons. The third kappa shape index (κ3) is 4.03. The first-order valence-corrected chi connectivity index (χ1v) is 7.90.